The highest BCUT2D eigenvalue weighted by Gasteiger charge is 2.35. The van der Waals surface area contributed by atoms with E-state index < -0.39 is 17.6 Å². The van der Waals surface area contributed by atoms with Crippen molar-refractivity contribution >= 4 is 45.5 Å². The molecular weight excluding hydrogens is 427 g/mol. The van der Waals surface area contributed by atoms with E-state index in [1.165, 1.54) is 23.6 Å². The fourth-order valence-electron chi connectivity index (χ4n) is 2.69. The number of alkyl halides is 3. The van der Waals surface area contributed by atoms with E-state index in [1.54, 1.807) is 23.7 Å². The Morgan fingerprint density at radius 2 is 1.90 bits per heavy atom. The minimum Gasteiger partial charge on any atom is -0.481 e. The van der Waals surface area contributed by atoms with Crippen LogP contribution in [0.4, 0.5) is 24.7 Å². The number of anilines is 2. The van der Waals surface area contributed by atoms with E-state index in [2.05, 4.69) is 25.3 Å². The zero-order chi connectivity index (χ0) is 20.6. The first-order valence-corrected chi connectivity index (χ1v) is 9.37. The first-order chi connectivity index (χ1) is 13.9. The highest BCUT2D eigenvalue weighted by Crippen LogP contribution is 2.36. The van der Waals surface area contributed by atoms with Crippen LogP contribution in [0.5, 0.6) is 5.88 Å². The molecule has 0 aliphatic rings. The number of fused-ring (bicyclic) bond motifs is 1. The number of hydrogen-bond acceptors (Lipinski definition) is 7. The van der Waals surface area contributed by atoms with Crippen LogP contribution in [-0.2, 0) is 6.18 Å². The molecule has 1 N–H and O–H groups in total. The van der Waals surface area contributed by atoms with Gasteiger partial charge in [-0.3, -0.25) is 0 Å². The quantitative estimate of drug-likeness (QED) is 0.450. The van der Waals surface area contributed by atoms with Crippen LogP contribution in [0.15, 0.2) is 42.0 Å². The number of ether oxygens (including phenoxy) is 1. The Kier molecular flexibility index (Phi) is 4.97. The number of rotatable bonds is 4. The van der Waals surface area contributed by atoms with E-state index in [0.717, 1.165) is 13.2 Å². The van der Waals surface area contributed by atoms with E-state index in [0.29, 0.717) is 32.4 Å². The molecule has 0 unspecified atom stereocenters. The maximum atomic E-state index is 13.0. The molecule has 0 saturated heterocycles. The molecular formula is C18H11ClF3N5OS. The summed E-state index contributed by atoms with van der Waals surface area (Å²) >= 11 is 7.42. The lowest BCUT2D eigenvalue weighted by Gasteiger charge is -2.13. The molecule has 11 heteroatoms. The predicted molar refractivity (Wildman–Crippen MR) is 105 cm³/mol. The highest BCUT2D eigenvalue weighted by atomic mass is 35.5. The smallest absolute Gasteiger partial charge is 0.421 e. The highest BCUT2D eigenvalue weighted by molar-refractivity contribution is 7.14. The summed E-state index contributed by atoms with van der Waals surface area (Å²) in [5, 5.41) is 3.64. The van der Waals surface area contributed by atoms with Crippen molar-refractivity contribution < 1.29 is 17.9 Å². The Bertz CT molecular complexity index is 1200. The van der Waals surface area contributed by atoms with Crippen LogP contribution in [0, 0.1) is 0 Å². The fourth-order valence-corrected chi connectivity index (χ4v) is 3.47. The van der Waals surface area contributed by atoms with Gasteiger partial charge in [-0.15, -0.1) is 11.3 Å². The summed E-state index contributed by atoms with van der Waals surface area (Å²) in [5.74, 6) is -0.326. The van der Waals surface area contributed by atoms with Crippen molar-refractivity contribution in [3.05, 3.63) is 51.9 Å². The Balaban J connectivity index is 1.71. The Labute approximate surface area is 171 Å². The lowest BCUT2D eigenvalue weighted by atomic mass is 10.2. The zero-order valence-electron chi connectivity index (χ0n) is 14.7. The zero-order valence-corrected chi connectivity index (χ0v) is 16.2. The molecule has 0 fully saturated rings. The number of nitrogens with one attached hydrogen (secondary N) is 1. The number of nitrogens with zero attached hydrogens (tertiary/aromatic N) is 4. The van der Waals surface area contributed by atoms with Crippen LogP contribution >= 0.6 is 22.9 Å². The largest absolute Gasteiger partial charge is 0.481 e. The molecule has 0 atom stereocenters. The van der Waals surface area contributed by atoms with Crippen molar-refractivity contribution in [2.75, 3.05) is 12.4 Å². The molecule has 4 rings (SSSR count). The predicted octanol–water partition coefficient (Wildman–Crippen LogP) is 5.57. The lowest BCUT2D eigenvalue weighted by Crippen LogP contribution is -2.09. The van der Waals surface area contributed by atoms with Gasteiger partial charge in [0.05, 0.1) is 24.0 Å². The molecule has 0 amide bonds. The number of pyridine rings is 3. The third-order valence-corrected chi connectivity index (χ3v) is 5.05. The van der Waals surface area contributed by atoms with Gasteiger partial charge in [-0.2, -0.15) is 18.2 Å². The van der Waals surface area contributed by atoms with E-state index in [-0.39, 0.29) is 5.82 Å². The first kappa shape index (κ1) is 19.3. The Morgan fingerprint density at radius 3 is 2.59 bits per heavy atom. The second kappa shape index (κ2) is 7.45. The van der Waals surface area contributed by atoms with Crippen LogP contribution in [0.1, 0.15) is 5.56 Å². The lowest BCUT2D eigenvalue weighted by molar-refractivity contribution is -0.139. The van der Waals surface area contributed by atoms with E-state index in [4.69, 9.17) is 16.3 Å². The van der Waals surface area contributed by atoms with Crippen molar-refractivity contribution in [1.29, 1.82) is 0 Å². The first-order valence-electron chi connectivity index (χ1n) is 8.11. The molecule has 148 valence electrons. The Morgan fingerprint density at radius 1 is 1.07 bits per heavy atom. The minimum absolute atomic E-state index is 0.189. The maximum absolute atomic E-state index is 13.0. The standard InChI is InChI=1S/C18H11ClF3N5OS/c1-28-17-10(18(20,21)22)3-5-13(27-17)25-11-6-7-23-16-9(11)2-4-12(26-16)14-15(19)29-8-24-14/h2-8H,1H3,(H,23,25,26,27). The van der Waals surface area contributed by atoms with Gasteiger partial charge in [0, 0.05) is 11.6 Å². The molecule has 0 radical (unpaired) electrons. The summed E-state index contributed by atoms with van der Waals surface area (Å²) in [7, 11) is 1.14. The van der Waals surface area contributed by atoms with Gasteiger partial charge in [0.15, 0.2) is 5.65 Å². The Hall–Kier alpha value is -2.98. The van der Waals surface area contributed by atoms with Crippen molar-refractivity contribution in [3.8, 4) is 17.3 Å². The van der Waals surface area contributed by atoms with Gasteiger partial charge in [0.1, 0.15) is 21.4 Å². The van der Waals surface area contributed by atoms with Gasteiger partial charge in [-0.05, 0) is 30.3 Å². The number of aromatic nitrogens is 4. The summed E-state index contributed by atoms with van der Waals surface area (Å²) in [4.78, 5) is 16.8. The second-order valence-electron chi connectivity index (χ2n) is 5.78. The summed E-state index contributed by atoms with van der Waals surface area (Å²) in [6, 6.07) is 7.35. The molecule has 29 heavy (non-hydrogen) atoms. The average molecular weight is 438 g/mol. The van der Waals surface area contributed by atoms with E-state index in [9.17, 15) is 13.2 Å². The van der Waals surface area contributed by atoms with Gasteiger partial charge >= 0.3 is 6.18 Å². The topological polar surface area (TPSA) is 72.8 Å². The van der Waals surface area contributed by atoms with Gasteiger partial charge in [0.25, 0.3) is 0 Å². The third-order valence-electron chi connectivity index (χ3n) is 3.99. The SMILES string of the molecule is COc1nc(Nc2ccnc3nc(-c4ncsc4Cl)ccc23)ccc1C(F)(F)F. The molecule has 0 aromatic carbocycles. The summed E-state index contributed by atoms with van der Waals surface area (Å²) < 4.78 is 44.4. The van der Waals surface area contributed by atoms with Gasteiger partial charge < -0.3 is 10.1 Å². The number of methoxy groups -OCH3 is 1. The van der Waals surface area contributed by atoms with Crippen molar-refractivity contribution in [1.82, 2.24) is 19.9 Å². The average Bonchev–Trinajstić information content (AvgIpc) is 3.12. The van der Waals surface area contributed by atoms with E-state index >= 15 is 0 Å². The van der Waals surface area contributed by atoms with Gasteiger partial charge in [0.2, 0.25) is 5.88 Å². The number of hydrogen-bond donors (Lipinski definition) is 1. The molecule has 6 nitrogen and oxygen atoms in total. The van der Waals surface area contributed by atoms with Crippen LogP contribution in [-0.4, -0.2) is 27.0 Å². The molecule has 0 aliphatic heterocycles. The van der Waals surface area contributed by atoms with E-state index in [1.807, 2.05) is 0 Å². The van der Waals surface area contributed by atoms with Crippen molar-refractivity contribution in [2.45, 2.75) is 6.18 Å². The summed E-state index contributed by atoms with van der Waals surface area (Å²) in [5.41, 5.74) is 2.81. The van der Waals surface area contributed by atoms with Crippen LogP contribution < -0.4 is 10.1 Å². The van der Waals surface area contributed by atoms with Crippen molar-refractivity contribution in [2.24, 2.45) is 0 Å². The molecule has 4 aromatic rings. The van der Waals surface area contributed by atoms with Gasteiger partial charge in [-0.25, -0.2) is 15.0 Å². The summed E-state index contributed by atoms with van der Waals surface area (Å²) in [6.45, 7) is 0. The summed E-state index contributed by atoms with van der Waals surface area (Å²) in [6.07, 6.45) is -3.02. The normalized spacial score (nSPS) is 11.6. The molecule has 0 bridgehead atoms. The number of halogens is 4. The molecule has 0 spiro atoms. The van der Waals surface area contributed by atoms with Crippen LogP contribution in [0.2, 0.25) is 4.34 Å². The molecule has 0 saturated carbocycles. The third kappa shape index (κ3) is 3.81. The number of thiazole rings is 1. The molecule has 4 heterocycles. The minimum atomic E-state index is -4.56. The second-order valence-corrected chi connectivity index (χ2v) is 7.23. The molecule has 4 aromatic heterocycles. The van der Waals surface area contributed by atoms with Crippen molar-refractivity contribution in [3.63, 3.8) is 0 Å². The van der Waals surface area contributed by atoms with Gasteiger partial charge in [-0.1, -0.05) is 11.6 Å². The molecule has 0 aliphatic carbocycles. The van der Waals surface area contributed by atoms with Crippen LogP contribution in [0.3, 0.4) is 0 Å². The monoisotopic (exact) mass is 437 g/mol. The fraction of sp³-hybridized carbons (Fsp3) is 0.111. The maximum Gasteiger partial charge on any atom is 0.421 e. The van der Waals surface area contributed by atoms with Crippen LogP contribution in [0.25, 0.3) is 22.4 Å².